The lowest BCUT2D eigenvalue weighted by atomic mass is 9.83. The van der Waals surface area contributed by atoms with E-state index >= 15 is 0 Å². The van der Waals surface area contributed by atoms with Gasteiger partial charge in [-0.1, -0.05) is 18.2 Å². The minimum absolute atomic E-state index is 0.0840. The summed E-state index contributed by atoms with van der Waals surface area (Å²) in [6, 6.07) is 10.1. The molecule has 2 aromatic rings. The first-order valence-electron chi connectivity index (χ1n) is 8.33. The number of nitriles is 1. The number of carbonyl (C=O) groups is 1. The van der Waals surface area contributed by atoms with E-state index in [-0.39, 0.29) is 6.61 Å². The van der Waals surface area contributed by atoms with Crippen molar-refractivity contribution in [1.29, 1.82) is 5.26 Å². The lowest BCUT2D eigenvalue weighted by Crippen LogP contribution is -2.33. The van der Waals surface area contributed by atoms with Crippen molar-refractivity contribution in [2.45, 2.75) is 26.7 Å². The van der Waals surface area contributed by atoms with E-state index in [0.717, 1.165) is 16.9 Å². The van der Waals surface area contributed by atoms with Crippen LogP contribution in [0.3, 0.4) is 0 Å². The van der Waals surface area contributed by atoms with Crippen molar-refractivity contribution in [1.82, 2.24) is 9.78 Å². The fourth-order valence-corrected chi connectivity index (χ4v) is 2.99. The van der Waals surface area contributed by atoms with Crippen LogP contribution in [-0.2, 0) is 9.47 Å². The van der Waals surface area contributed by atoms with Crippen LogP contribution in [0.25, 0.3) is 5.69 Å². The van der Waals surface area contributed by atoms with Crippen LogP contribution in [0.2, 0.25) is 0 Å². The molecule has 1 aliphatic rings. The monoisotopic (exact) mass is 339 g/mol. The minimum Gasteiger partial charge on any atom is -0.460 e. The molecule has 1 aromatic heterocycles. The van der Waals surface area contributed by atoms with Crippen LogP contribution in [0.15, 0.2) is 30.5 Å². The number of para-hydroxylation sites is 1. The number of benzene rings is 1. The zero-order chi connectivity index (χ0) is 17.9. The van der Waals surface area contributed by atoms with Gasteiger partial charge in [0.2, 0.25) is 0 Å². The molecule has 3 rings (SSSR count). The molecule has 6 heteroatoms. The van der Waals surface area contributed by atoms with E-state index in [4.69, 9.17) is 9.47 Å². The predicted octanol–water partition coefficient (Wildman–Crippen LogP) is 2.97. The zero-order valence-corrected chi connectivity index (χ0v) is 14.5. The molecular formula is C19H21N3O3. The lowest BCUT2D eigenvalue weighted by molar-refractivity contribution is -0.00470. The van der Waals surface area contributed by atoms with E-state index in [2.05, 4.69) is 11.2 Å². The van der Waals surface area contributed by atoms with Crippen LogP contribution in [0.4, 0.5) is 0 Å². The second-order valence-electron chi connectivity index (χ2n) is 6.42. The lowest BCUT2D eigenvalue weighted by Gasteiger charge is -2.29. The Morgan fingerprint density at radius 3 is 2.76 bits per heavy atom. The van der Waals surface area contributed by atoms with Crippen molar-refractivity contribution < 1.29 is 14.3 Å². The number of esters is 1. The van der Waals surface area contributed by atoms with Gasteiger partial charge < -0.3 is 9.47 Å². The van der Waals surface area contributed by atoms with E-state index in [1.807, 2.05) is 38.1 Å². The molecule has 1 saturated heterocycles. The van der Waals surface area contributed by atoms with E-state index in [0.29, 0.717) is 31.6 Å². The summed E-state index contributed by atoms with van der Waals surface area (Å²) in [6.07, 6.45) is 2.68. The molecule has 1 fully saturated rings. The van der Waals surface area contributed by atoms with Gasteiger partial charge in [0.25, 0.3) is 0 Å². The maximum atomic E-state index is 12.5. The molecule has 0 N–H and O–H groups in total. The molecule has 0 amide bonds. The summed E-state index contributed by atoms with van der Waals surface area (Å²) in [7, 11) is 0. The maximum absolute atomic E-state index is 12.5. The minimum atomic E-state index is -0.645. The van der Waals surface area contributed by atoms with Crippen LogP contribution in [0.1, 0.15) is 34.5 Å². The summed E-state index contributed by atoms with van der Waals surface area (Å²) in [5, 5.41) is 13.8. The Labute approximate surface area is 147 Å². The molecule has 1 aromatic carbocycles. The fourth-order valence-electron chi connectivity index (χ4n) is 2.99. The molecule has 2 heterocycles. The smallest absolute Gasteiger partial charge is 0.341 e. The van der Waals surface area contributed by atoms with Crippen molar-refractivity contribution in [3.63, 3.8) is 0 Å². The molecule has 6 nitrogen and oxygen atoms in total. The number of nitrogens with zero attached hydrogens (tertiary/aromatic N) is 3. The average Bonchev–Trinajstić information content (AvgIpc) is 3.02. The SMILES string of the molecule is Cc1ccccc1-n1ncc(C(=O)OCC2(C#N)CCOCC2)c1C. The molecule has 0 spiro atoms. The molecule has 0 aliphatic carbocycles. The van der Waals surface area contributed by atoms with Crippen LogP contribution in [0.5, 0.6) is 0 Å². The van der Waals surface area contributed by atoms with Crippen LogP contribution in [0, 0.1) is 30.6 Å². The van der Waals surface area contributed by atoms with Gasteiger partial charge in [-0.3, -0.25) is 0 Å². The van der Waals surface area contributed by atoms with E-state index in [1.165, 1.54) is 6.20 Å². The van der Waals surface area contributed by atoms with Gasteiger partial charge in [0, 0.05) is 13.2 Å². The highest BCUT2D eigenvalue weighted by Gasteiger charge is 2.34. The first-order valence-corrected chi connectivity index (χ1v) is 8.33. The summed E-state index contributed by atoms with van der Waals surface area (Å²) < 4.78 is 12.5. The standard InChI is InChI=1S/C19H21N3O3/c1-14-5-3-4-6-17(14)22-15(2)16(11-21-22)18(23)25-13-19(12-20)7-9-24-10-8-19/h3-6,11H,7-10,13H2,1-2H3. The van der Waals surface area contributed by atoms with Crippen molar-refractivity contribution in [2.24, 2.45) is 5.41 Å². The number of carbonyl (C=O) groups excluding carboxylic acids is 1. The molecule has 0 saturated carbocycles. The topological polar surface area (TPSA) is 77.1 Å². The van der Waals surface area contributed by atoms with Crippen molar-refractivity contribution in [3.8, 4) is 11.8 Å². The first-order chi connectivity index (χ1) is 12.1. The van der Waals surface area contributed by atoms with Gasteiger partial charge in [-0.15, -0.1) is 0 Å². The average molecular weight is 339 g/mol. The van der Waals surface area contributed by atoms with Crippen molar-refractivity contribution in [2.75, 3.05) is 19.8 Å². The second-order valence-corrected chi connectivity index (χ2v) is 6.42. The summed E-state index contributed by atoms with van der Waals surface area (Å²) in [5.41, 5.74) is 2.49. The molecular weight excluding hydrogens is 318 g/mol. The number of aryl methyl sites for hydroxylation is 1. The quantitative estimate of drug-likeness (QED) is 0.800. The van der Waals surface area contributed by atoms with Crippen molar-refractivity contribution >= 4 is 5.97 Å². The Balaban J connectivity index is 1.76. The van der Waals surface area contributed by atoms with Crippen molar-refractivity contribution in [3.05, 3.63) is 47.3 Å². The molecule has 0 radical (unpaired) electrons. The number of ether oxygens (including phenoxy) is 2. The summed E-state index contributed by atoms with van der Waals surface area (Å²) in [5.74, 6) is -0.446. The van der Waals surface area contributed by atoms with E-state index < -0.39 is 11.4 Å². The molecule has 0 bridgehead atoms. The third-order valence-corrected chi connectivity index (χ3v) is 4.74. The predicted molar refractivity (Wildman–Crippen MR) is 91.4 cm³/mol. The highest BCUT2D eigenvalue weighted by Crippen LogP contribution is 2.30. The third kappa shape index (κ3) is 3.42. The molecule has 25 heavy (non-hydrogen) atoms. The van der Waals surface area contributed by atoms with Gasteiger partial charge in [0.15, 0.2) is 0 Å². The zero-order valence-electron chi connectivity index (χ0n) is 14.5. The number of rotatable bonds is 4. The van der Waals surface area contributed by atoms with Gasteiger partial charge in [0.1, 0.15) is 12.2 Å². The molecule has 0 atom stereocenters. The molecule has 0 unspecified atom stereocenters. The summed E-state index contributed by atoms with van der Waals surface area (Å²) in [4.78, 5) is 12.5. The maximum Gasteiger partial charge on any atom is 0.341 e. The van der Waals surface area contributed by atoms with E-state index in [1.54, 1.807) is 4.68 Å². The van der Waals surface area contributed by atoms with Crippen LogP contribution < -0.4 is 0 Å². The largest absolute Gasteiger partial charge is 0.460 e. The Morgan fingerprint density at radius 2 is 2.08 bits per heavy atom. The van der Waals surface area contributed by atoms with Crippen LogP contribution in [-0.4, -0.2) is 35.6 Å². The second kappa shape index (κ2) is 7.08. The van der Waals surface area contributed by atoms with Gasteiger partial charge >= 0.3 is 5.97 Å². The Bertz CT molecular complexity index is 814. The molecule has 1 aliphatic heterocycles. The number of hydrogen-bond acceptors (Lipinski definition) is 5. The van der Waals surface area contributed by atoms with Gasteiger partial charge in [0.05, 0.1) is 29.1 Å². The Morgan fingerprint density at radius 1 is 1.36 bits per heavy atom. The molecule has 130 valence electrons. The summed E-state index contributed by atoms with van der Waals surface area (Å²) >= 11 is 0. The number of hydrogen-bond donors (Lipinski definition) is 0. The van der Waals surface area contributed by atoms with E-state index in [9.17, 15) is 10.1 Å². The first kappa shape index (κ1) is 17.2. The normalized spacial score (nSPS) is 16.2. The third-order valence-electron chi connectivity index (χ3n) is 4.74. The van der Waals surface area contributed by atoms with Gasteiger partial charge in [-0.2, -0.15) is 10.4 Å². The summed E-state index contributed by atoms with van der Waals surface area (Å²) in [6.45, 7) is 4.96. The van der Waals surface area contributed by atoms with Gasteiger partial charge in [-0.05, 0) is 38.3 Å². The number of aromatic nitrogens is 2. The van der Waals surface area contributed by atoms with Gasteiger partial charge in [-0.25, -0.2) is 9.48 Å². The Hall–Kier alpha value is -2.65. The highest BCUT2D eigenvalue weighted by atomic mass is 16.5. The highest BCUT2D eigenvalue weighted by molar-refractivity contribution is 5.90. The van der Waals surface area contributed by atoms with Crippen LogP contribution >= 0.6 is 0 Å². The fraction of sp³-hybridized carbons (Fsp3) is 0.421. The Kier molecular flexibility index (Phi) is 4.86.